The van der Waals surface area contributed by atoms with E-state index < -0.39 is 5.60 Å². The van der Waals surface area contributed by atoms with Gasteiger partial charge in [0.05, 0.1) is 17.3 Å². The highest BCUT2D eigenvalue weighted by molar-refractivity contribution is 5.06. The maximum absolute atomic E-state index is 10.9. The molecule has 3 rings (SSSR count). The zero-order valence-electron chi connectivity index (χ0n) is 13.4. The molecule has 0 amide bonds. The van der Waals surface area contributed by atoms with Gasteiger partial charge in [-0.1, -0.05) is 45.4 Å². The van der Waals surface area contributed by atoms with Gasteiger partial charge in [0.15, 0.2) is 0 Å². The molecule has 0 radical (unpaired) electrons. The fourth-order valence-electron chi connectivity index (χ4n) is 4.33. The van der Waals surface area contributed by atoms with E-state index >= 15 is 0 Å². The van der Waals surface area contributed by atoms with Crippen molar-refractivity contribution in [2.45, 2.75) is 89.2 Å². The molecule has 2 aliphatic rings. The van der Waals surface area contributed by atoms with Crippen LogP contribution < -0.4 is 0 Å². The second-order valence-corrected chi connectivity index (χ2v) is 7.35. The van der Waals surface area contributed by atoms with Crippen LogP contribution in [0.2, 0.25) is 0 Å². The van der Waals surface area contributed by atoms with Gasteiger partial charge < -0.3 is 5.11 Å². The predicted octanol–water partition coefficient (Wildman–Crippen LogP) is 4.26. The molecule has 2 aliphatic carbocycles. The van der Waals surface area contributed by atoms with Crippen LogP contribution in [-0.4, -0.2) is 20.5 Å². The minimum atomic E-state index is -0.509. The van der Waals surface area contributed by atoms with Crippen LogP contribution in [0, 0.1) is 5.92 Å². The van der Waals surface area contributed by atoms with Crippen molar-refractivity contribution in [2.24, 2.45) is 5.92 Å². The fourth-order valence-corrected chi connectivity index (χ4v) is 4.33. The highest BCUT2D eigenvalue weighted by Crippen LogP contribution is 2.36. The van der Waals surface area contributed by atoms with E-state index in [0.29, 0.717) is 12.0 Å². The van der Waals surface area contributed by atoms with Crippen LogP contribution in [0.25, 0.3) is 0 Å². The first-order chi connectivity index (χ1) is 10.2. The van der Waals surface area contributed by atoms with Gasteiger partial charge >= 0.3 is 0 Å². The Balaban J connectivity index is 1.63. The number of hydrogen-bond donors (Lipinski definition) is 1. The van der Waals surface area contributed by atoms with E-state index in [1.54, 1.807) is 0 Å². The molecule has 21 heavy (non-hydrogen) atoms. The third-order valence-electron chi connectivity index (χ3n) is 5.62. The SMILES string of the molecule is CCC1CCCC(O)(Cc2ccn(C3CCCCC3)n2)C1. The van der Waals surface area contributed by atoms with Gasteiger partial charge in [0.1, 0.15) is 0 Å². The van der Waals surface area contributed by atoms with Crippen molar-refractivity contribution in [3.8, 4) is 0 Å². The Labute approximate surface area is 128 Å². The summed E-state index contributed by atoms with van der Waals surface area (Å²) >= 11 is 0. The summed E-state index contributed by atoms with van der Waals surface area (Å²) < 4.78 is 2.16. The smallest absolute Gasteiger partial charge is 0.0706 e. The van der Waals surface area contributed by atoms with Gasteiger partial charge in [-0.3, -0.25) is 4.68 Å². The van der Waals surface area contributed by atoms with Crippen molar-refractivity contribution in [2.75, 3.05) is 0 Å². The first-order valence-electron chi connectivity index (χ1n) is 8.95. The molecule has 1 N–H and O–H groups in total. The summed E-state index contributed by atoms with van der Waals surface area (Å²) in [4.78, 5) is 0. The molecular weight excluding hydrogens is 260 g/mol. The highest BCUT2D eigenvalue weighted by atomic mass is 16.3. The average molecular weight is 290 g/mol. The lowest BCUT2D eigenvalue weighted by atomic mass is 9.75. The molecule has 1 heterocycles. The lowest BCUT2D eigenvalue weighted by Crippen LogP contribution is -2.37. The summed E-state index contributed by atoms with van der Waals surface area (Å²) in [5.41, 5.74) is 0.574. The minimum absolute atomic E-state index is 0.509. The predicted molar refractivity (Wildman–Crippen MR) is 85.3 cm³/mol. The number of aliphatic hydroxyl groups is 1. The van der Waals surface area contributed by atoms with E-state index in [0.717, 1.165) is 25.0 Å². The quantitative estimate of drug-likeness (QED) is 0.899. The van der Waals surface area contributed by atoms with Crippen molar-refractivity contribution in [1.82, 2.24) is 9.78 Å². The molecule has 2 saturated carbocycles. The molecule has 2 fully saturated rings. The van der Waals surface area contributed by atoms with E-state index in [1.165, 1.54) is 51.4 Å². The Bertz CT molecular complexity index is 450. The average Bonchev–Trinajstić information content (AvgIpc) is 2.96. The van der Waals surface area contributed by atoms with E-state index in [2.05, 4.69) is 23.9 Å². The topological polar surface area (TPSA) is 38.0 Å². The van der Waals surface area contributed by atoms with E-state index in [9.17, 15) is 5.11 Å². The summed E-state index contributed by atoms with van der Waals surface area (Å²) in [5, 5.41) is 15.7. The molecule has 0 saturated heterocycles. The zero-order chi connectivity index (χ0) is 14.7. The van der Waals surface area contributed by atoms with Crippen LogP contribution in [0.3, 0.4) is 0 Å². The molecule has 3 heteroatoms. The first-order valence-corrected chi connectivity index (χ1v) is 8.95. The molecule has 2 atom stereocenters. The third-order valence-corrected chi connectivity index (χ3v) is 5.62. The normalized spacial score (nSPS) is 31.4. The molecule has 1 aromatic rings. The Morgan fingerprint density at radius 2 is 2.05 bits per heavy atom. The summed E-state index contributed by atoms with van der Waals surface area (Å²) in [6.07, 6.45) is 15.0. The number of rotatable bonds is 4. The van der Waals surface area contributed by atoms with Crippen molar-refractivity contribution < 1.29 is 5.11 Å². The number of aromatic nitrogens is 2. The van der Waals surface area contributed by atoms with Crippen molar-refractivity contribution in [3.63, 3.8) is 0 Å². The lowest BCUT2D eigenvalue weighted by Gasteiger charge is -2.36. The maximum Gasteiger partial charge on any atom is 0.0706 e. The first kappa shape index (κ1) is 15.1. The van der Waals surface area contributed by atoms with Gasteiger partial charge in [0.2, 0.25) is 0 Å². The second kappa shape index (κ2) is 6.51. The van der Waals surface area contributed by atoms with Crippen LogP contribution in [0.15, 0.2) is 12.3 Å². The van der Waals surface area contributed by atoms with Gasteiger partial charge in [-0.2, -0.15) is 5.10 Å². The summed E-state index contributed by atoms with van der Waals surface area (Å²) in [6, 6.07) is 2.72. The monoisotopic (exact) mass is 290 g/mol. The molecule has 118 valence electrons. The largest absolute Gasteiger partial charge is 0.389 e. The van der Waals surface area contributed by atoms with Crippen molar-refractivity contribution in [3.05, 3.63) is 18.0 Å². The third kappa shape index (κ3) is 3.68. The summed E-state index contributed by atoms with van der Waals surface area (Å²) in [5.74, 6) is 0.698. The lowest BCUT2D eigenvalue weighted by molar-refractivity contribution is -0.0170. The van der Waals surface area contributed by atoms with E-state index in [4.69, 9.17) is 5.10 Å². The Morgan fingerprint density at radius 1 is 1.24 bits per heavy atom. The second-order valence-electron chi connectivity index (χ2n) is 7.35. The summed E-state index contributed by atoms with van der Waals surface area (Å²) in [7, 11) is 0. The van der Waals surface area contributed by atoms with Crippen LogP contribution >= 0.6 is 0 Å². The van der Waals surface area contributed by atoms with Crippen LogP contribution in [-0.2, 0) is 6.42 Å². The minimum Gasteiger partial charge on any atom is -0.389 e. The fraction of sp³-hybridized carbons (Fsp3) is 0.833. The van der Waals surface area contributed by atoms with Gasteiger partial charge in [-0.25, -0.2) is 0 Å². The maximum atomic E-state index is 10.9. The molecule has 0 spiro atoms. The van der Waals surface area contributed by atoms with E-state index in [-0.39, 0.29) is 0 Å². The number of nitrogens with zero attached hydrogens (tertiary/aromatic N) is 2. The Morgan fingerprint density at radius 3 is 2.81 bits per heavy atom. The summed E-state index contributed by atoms with van der Waals surface area (Å²) in [6.45, 7) is 2.24. The molecular formula is C18H30N2O. The Kier molecular flexibility index (Phi) is 4.68. The molecule has 0 aliphatic heterocycles. The Hall–Kier alpha value is -0.830. The number of hydrogen-bond acceptors (Lipinski definition) is 2. The molecule has 2 unspecified atom stereocenters. The van der Waals surface area contributed by atoms with Crippen LogP contribution in [0.4, 0.5) is 0 Å². The van der Waals surface area contributed by atoms with Gasteiger partial charge in [-0.15, -0.1) is 0 Å². The van der Waals surface area contributed by atoms with Crippen molar-refractivity contribution in [1.29, 1.82) is 0 Å². The molecule has 3 nitrogen and oxygen atoms in total. The standard InChI is InChI=1S/C18H30N2O/c1-2-15-7-6-11-18(21,13-15)14-16-10-12-20(19-16)17-8-4-3-5-9-17/h10,12,15,17,21H,2-9,11,13-14H2,1H3. The molecule has 0 aromatic carbocycles. The molecule has 0 bridgehead atoms. The zero-order valence-corrected chi connectivity index (χ0v) is 13.4. The van der Waals surface area contributed by atoms with Gasteiger partial charge in [0.25, 0.3) is 0 Å². The van der Waals surface area contributed by atoms with Gasteiger partial charge in [-0.05, 0) is 37.7 Å². The van der Waals surface area contributed by atoms with Crippen molar-refractivity contribution >= 4 is 0 Å². The van der Waals surface area contributed by atoms with Gasteiger partial charge in [0, 0.05) is 12.6 Å². The van der Waals surface area contributed by atoms with E-state index in [1.807, 2.05) is 0 Å². The highest BCUT2D eigenvalue weighted by Gasteiger charge is 2.34. The van der Waals surface area contributed by atoms with Crippen LogP contribution in [0.1, 0.15) is 82.9 Å². The molecule has 1 aromatic heterocycles. The van der Waals surface area contributed by atoms with Crippen LogP contribution in [0.5, 0.6) is 0 Å².